The summed E-state index contributed by atoms with van der Waals surface area (Å²) in [6, 6.07) is 13.0. The third kappa shape index (κ3) is 3.75. The molecule has 0 bridgehead atoms. The number of nitrogens with zero attached hydrogens (tertiary/aromatic N) is 2. The third-order valence-electron chi connectivity index (χ3n) is 3.87. The lowest BCUT2D eigenvalue weighted by atomic mass is 10.1. The van der Waals surface area contributed by atoms with Crippen molar-refractivity contribution in [1.29, 1.82) is 0 Å². The number of thiazole rings is 1. The van der Waals surface area contributed by atoms with Crippen molar-refractivity contribution in [2.24, 2.45) is 0 Å². The lowest BCUT2D eigenvalue weighted by Crippen LogP contribution is -2.14. The van der Waals surface area contributed by atoms with Gasteiger partial charge in [-0.25, -0.2) is 4.98 Å². The molecule has 0 spiro atoms. The number of methoxy groups -OCH3 is 1. The molecule has 0 aliphatic heterocycles. The van der Waals surface area contributed by atoms with Gasteiger partial charge in [-0.15, -0.1) is 11.3 Å². The minimum Gasteiger partial charge on any atom is -0.496 e. The van der Waals surface area contributed by atoms with Crippen LogP contribution in [0.3, 0.4) is 0 Å². The standard InChI is InChI=1S/C19H16N4O3S/c1-25-15-6-3-2-5-13(15)14-10-17(23-22-14)21-18(24)9-12-11-27-19(20-12)16-7-4-8-26-16/h2-8,10-11H,9H2,1H3,(H2,21,22,23,24). The number of amides is 1. The predicted octanol–water partition coefficient (Wildman–Crippen LogP) is 3.98. The molecule has 4 aromatic rings. The van der Waals surface area contributed by atoms with Crippen molar-refractivity contribution in [3.05, 3.63) is 59.8 Å². The molecule has 2 N–H and O–H groups in total. The lowest BCUT2D eigenvalue weighted by Gasteiger charge is -2.05. The summed E-state index contributed by atoms with van der Waals surface area (Å²) in [4.78, 5) is 16.7. The number of H-pyrrole nitrogens is 1. The van der Waals surface area contributed by atoms with E-state index in [1.165, 1.54) is 11.3 Å². The van der Waals surface area contributed by atoms with Gasteiger partial charge < -0.3 is 14.5 Å². The van der Waals surface area contributed by atoms with Gasteiger partial charge in [0, 0.05) is 17.0 Å². The molecule has 3 aromatic heterocycles. The molecule has 7 nitrogen and oxygen atoms in total. The second kappa shape index (κ2) is 7.46. The van der Waals surface area contributed by atoms with E-state index >= 15 is 0 Å². The largest absolute Gasteiger partial charge is 0.496 e. The Morgan fingerprint density at radius 3 is 3.00 bits per heavy atom. The Hall–Kier alpha value is -3.39. The van der Waals surface area contributed by atoms with E-state index < -0.39 is 0 Å². The number of furan rings is 1. The number of aromatic nitrogens is 3. The minimum atomic E-state index is -0.190. The van der Waals surface area contributed by atoms with E-state index in [4.69, 9.17) is 9.15 Å². The van der Waals surface area contributed by atoms with Crippen LogP contribution in [0.1, 0.15) is 5.69 Å². The molecule has 0 aliphatic carbocycles. The number of carbonyl (C=O) groups excluding carboxylic acids is 1. The highest BCUT2D eigenvalue weighted by atomic mass is 32.1. The van der Waals surface area contributed by atoms with Crippen LogP contribution in [-0.4, -0.2) is 28.2 Å². The molecular formula is C19H16N4O3S. The Kier molecular flexibility index (Phi) is 4.71. The van der Waals surface area contributed by atoms with Crippen LogP contribution in [0, 0.1) is 0 Å². The summed E-state index contributed by atoms with van der Waals surface area (Å²) < 4.78 is 10.7. The fourth-order valence-electron chi connectivity index (χ4n) is 2.64. The first-order valence-electron chi connectivity index (χ1n) is 8.20. The number of rotatable bonds is 6. The van der Waals surface area contributed by atoms with Gasteiger partial charge in [0.15, 0.2) is 16.6 Å². The van der Waals surface area contributed by atoms with Crippen LogP contribution in [0.15, 0.2) is 58.5 Å². The smallest absolute Gasteiger partial charge is 0.231 e. The first-order chi connectivity index (χ1) is 13.2. The van der Waals surface area contributed by atoms with E-state index in [2.05, 4.69) is 20.5 Å². The van der Waals surface area contributed by atoms with Gasteiger partial charge in [-0.05, 0) is 24.3 Å². The lowest BCUT2D eigenvalue weighted by molar-refractivity contribution is -0.115. The highest BCUT2D eigenvalue weighted by molar-refractivity contribution is 7.13. The van der Waals surface area contributed by atoms with E-state index in [1.807, 2.05) is 35.7 Å². The van der Waals surface area contributed by atoms with Crippen LogP contribution < -0.4 is 10.1 Å². The maximum Gasteiger partial charge on any atom is 0.231 e. The summed E-state index contributed by atoms with van der Waals surface area (Å²) in [6.07, 6.45) is 1.76. The van der Waals surface area contributed by atoms with Gasteiger partial charge in [-0.2, -0.15) is 5.10 Å². The van der Waals surface area contributed by atoms with Crippen molar-refractivity contribution in [1.82, 2.24) is 15.2 Å². The molecule has 0 saturated carbocycles. The van der Waals surface area contributed by atoms with Crippen molar-refractivity contribution in [3.8, 4) is 27.8 Å². The Morgan fingerprint density at radius 1 is 1.30 bits per heavy atom. The zero-order valence-electron chi connectivity index (χ0n) is 14.4. The molecule has 1 amide bonds. The van der Waals surface area contributed by atoms with Crippen LogP contribution in [0.4, 0.5) is 5.82 Å². The normalized spacial score (nSPS) is 10.7. The number of benzene rings is 1. The second-order valence-electron chi connectivity index (χ2n) is 5.71. The van der Waals surface area contributed by atoms with Gasteiger partial charge in [0.05, 0.1) is 31.2 Å². The van der Waals surface area contributed by atoms with Crippen molar-refractivity contribution in [2.45, 2.75) is 6.42 Å². The Balaban J connectivity index is 1.43. The first-order valence-corrected chi connectivity index (χ1v) is 9.08. The molecule has 4 rings (SSSR count). The Labute approximate surface area is 159 Å². The van der Waals surface area contributed by atoms with Crippen LogP contribution in [0.5, 0.6) is 5.75 Å². The minimum absolute atomic E-state index is 0.161. The van der Waals surface area contributed by atoms with Crippen molar-refractivity contribution >= 4 is 23.1 Å². The molecular weight excluding hydrogens is 364 g/mol. The molecule has 0 unspecified atom stereocenters. The summed E-state index contributed by atoms with van der Waals surface area (Å²) in [5, 5.41) is 12.4. The number of aromatic amines is 1. The zero-order chi connectivity index (χ0) is 18.6. The van der Waals surface area contributed by atoms with E-state index in [0.717, 1.165) is 22.0 Å². The number of para-hydroxylation sites is 1. The molecule has 1 aromatic carbocycles. The monoisotopic (exact) mass is 380 g/mol. The summed E-state index contributed by atoms with van der Waals surface area (Å²) in [6.45, 7) is 0. The second-order valence-corrected chi connectivity index (χ2v) is 6.57. The zero-order valence-corrected chi connectivity index (χ0v) is 15.2. The maximum absolute atomic E-state index is 12.3. The molecule has 0 saturated heterocycles. The number of carbonyl (C=O) groups is 1. The Morgan fingerprint density at radius 2 is 2.19 bits per heavy atom. The van der Waals surface area contributed by atoms with E-state index in [-0.39, 0.29) is 12.3 Å². The summed E-state index contributed by atoms with van der Waals surface area (Å²) >= 11 is 1.44. The third-order valence-corrected chi connectivity index (χ3v) is 4.77. The molecule has 0 radical (unpaired) electrons. The molecule has 0 aliphatic rings. The number of hydrogen-bond donors (Lipinski definition) is 2. The van der Waals surface area contributed by atoms with E-state index in [9.17, 15) is 4.79 Å². The molecule has 0 fully saturated rings. The maximum atomic E-state index is 12.3. The fraction of sp³-hybridized carbons (Fsp3) is 0.105. The number of ether oxygens (including phenoxy) is 1. The fourth-order valence-corrected chi connectivity index (χ4v) is 3.43. The van der Waals surface area contributed by atoms with Gasteiger partial charge in [-0.1, -0.05) is 12.1 Å². The van der Waals surface area contributed by atoms with Crippen molar-refractivity contribution in [3.63, 3.8) is 0 Å². The van der Waals surface area contributed by atoms with Gasteiger partial charge in [0.2, 0.25) is 5.91 Å². The van der Waals surface area contributed by atoms with Gasteiger partial charge in [0.25, 0.3) is 0 Å². The highest BCUT2D eigenvalue weighted by Crippen LogP contribution is 2.29. The summed E-state index contributed by atoms with van der Waals surface area (Å²) in [5.41, 5.74) is 2.32. The van der Waals surface area contributed by atoms with Crippen LogP contribution in [0.2, 0.25) is 0 Å². The van der Waals surface area contributed by atoms with Gasteiger partial charge in [-0.3, -0.25) is 9.89 Å². The number of nitrogens with one attached hydrogen (secondary N) is 2. The number of anilines is 1. The first kappa shape index (κ1) is 17.0. The summed E-state index contributed by atoms with van der Waals surface area (Å²) in [7, 11) is 1.61. The quantitative estimate of drug-likeness (QED) is 0.528. The topological polar surface area (TPSA) is 93.0 Å². The SMILES string of the molecule is COc1ccccc1-c1cc(NC(=O)Cc2csc(-c3ccco3)n2)n[nH]1. The van der Waals surface area contributed by atoms with Crippen LogP contribution >= 0.6 is 11.3 Å². The average molecular weight is 380 g/mol. The Bertz CT molecular complexity index is 1050. The molecule has 136 valence electrons. The van der Waals surface area contributed by atoms with Crippen molar-refractivity contribution < 1.29 is 13.9 Å². The molecule has 0 atom stereocenters. The number of hydrogen-bond acceptors (Lipinski definition) is 6. The highest BCUT2D eigenvalue weighted by Gasteiger charge is 2.13. The molecule has 27 heavy (non-hydrogen) atoms. The van der Waals surface area contributed by atoms with Gasteiger partial charge >= 0.3 is 0 Å². The average Bonchev–Trinajstić information content (AvgIpc) is 3.43. The van der Waals surface area contributed by atoms with Crippen molar-refractivity contribution in [2.75, 3.05) is 12.4 Å². The van der Waals surface area contributed by atoms with Crippen LogP contribution in [-0.2, 0) is 11.2 Å². The molecule has 8 heteroatoms. The predicted molar refractivity (Wildman–Crippen MR) is 103 cm³/mol. The van der Waals surface area contributed by atoms with Crippen LogP contribution in [0.25, 0.3) is 22.0 Å². The van der Waals surface area contributed by atoms with E-state index in [0.29, 0.717) is 17.3 Å². The van der Waals surface area contributed by atoms with Gasteiger partial charge in [0.1, 0.15) is 5.75 Å². The summed E-state index contributed by atoms with van der Waals surface area (Å²) in [5.74, 6) is 1.68. The van der Waals surface area contributed by atoms with E-state index in [1.54, 1.807) is 25.5 Å². The molecule has 3 heterocycles.